The van der Waals surface area contributed by atoms with Gasteiger partial charge in [-0.2, -0.15) is 0 Å². The molecule has 1 amide bonds. The third kappa shape index (κ3) is 32.0. The molecule has 4 aliphatic rings. The van der Waals surface area contributed by atoms with E-state index in [1.165, 1.54) is 13.8 Å². The SMILES string of the molecule is CCCCOCC1O[C@@H](OCCCCCNC(=O)OCc2ccccc2)[C@@H](OC(=O)c2ccccc2)C(OCCCC)[C@@H]1O[C@@H]1OC(C(=O)O)[C@@H](O[C@H]2OC(COCCCC)[C@H](O[C@H]3OC(COC(C)=O)[C@@H](OCCCC)[C@H](OC(C)=O)C3OCCCC)[C@H](OCCCC)C2OCCCC)C(OCCCC)[C@@H]1OC(=O)c1ccccc1. The first-order chi connectivity index (χ1) is 56.5. The van der Waals surface area contributed by atoms with Crippen molar-refractivity contribution in [3.8, 4) is 0 Å². The minimum atomic E-state index is -2.04. The van der Waals surface area contributed by atoms with Gasteiger partial charge >= 0.3 is 35.9 Å². The zero-order valence-corrected chi connectivity index (χ0v) is 70.0. The van der Waals surface area contributed by atoms with Crippen molar-refractivity contribution < 1.29 is 133 Å². The van der Waals surface area contributed by atoms with E-state index in [9.17, 15) is 29.1 Å². The van der Waals surface area contributed by atoms with Gasteiger partial charge in [-0.1, -0.05) is 173 Å². The molecule has 4 aliphatic heterocycles. The molecule has 0 bridgehead atoms. The molecule has 7 rings (SSSR count). The fourth-order valence-electron chi connectivity index (χ4n) is 13.5. The van der Waals surface area contributed by atoms with Crippen molar-refractivity contribution >= 4 is 35.9 Å². The minimum Gasteiger partial charge on any atom is -0.479 e. The lowest BCUT2D eigenvalue weighted by Crippen LogP contribution is -2.69. The van der Waals surface area contributed by atoms with E-state index in [4.69, 9.17) is 99.5 Å². The molecule has 0 aliphatic carbocycles. The molecule has 0 radical (unpaired) electrons. The molecule has 20 atom stereocenters. The number of esters is 4. The second-order valence-electron chi connectivity index (χ2n) is 29.5. The van der Waals surface area contributed by atoms with E-state index in [0.29, 0.717) is 109 Å². The van der Waals surface area contributed by atoms with Gasteiger partial charge in [-0.15, -0.1) is 0 Å². The highest BCUT2D eigenvalue weighted by Crippen LogP contribution is 2.41. The second-order valence-corrected chi connectivity index (χ2v) is 29.5. The zero-order chi connectivity index (χ0) is 83.2. The number of nitrogens with one attached hydrogen (secondary N) is 1. The van der Waals surface area contributed by atoms with Crippen LogP contribution < -0.4 is 5.32 Å². The van der Waals surface area contributed by atoms with Crippen LogP contribution in [0.3, 0.4) is 0 Å². The van der Waals surface area contributed by atoms with Crippen molar-refractivity contribution in [3.05, 3.63) is 108 Å². The lowest BCUT2D eigenvalue weighted by molar-refractivity contribution is -0.393. The van der Waals surface area contributed by atoms with Gasteiger partial charge in [0.25, 0.3) is 0 Å². The van der Waals surface area contributed by atoms with E-state index < -0.39 is 159 Å². The summed E-state index contributed by atoms with van der Waals surface area (Å²) in [6.07, 6.45) is -16.2. The van der Waals surface area contributed by atoms with Crippen molar-refractivity contribution in [2.24, 2.45) is 0 Å². The van der Waals surface area contributed by atoms with Crippen molar-refractivity contribution in [2.45, 2.75) is 321 Å². The Morgan fingerprint density at radius 1 is 0.345 bits per heavy atom. The monoisotopic (exact) mass is 1640 g/mol. The average molecular weight is 1640 g/mol. The van der Waals surface area contributed by atoms with Gasteiger partial charge in [-0.25, -0.2) is 19.2 Å². The van der Waals surface area contributed by atoms with Gasteiger partial charge in [-0.3, -0.25) is 9.59 Å². The Balaban J connectivity index is 1.34. The molecule has 4 fully saturated rings. The van der Waals surface area contributed by atoms with Crippen molar-refractivity contribution in [1.82, 2.24) is 5.32 Å². The maximum atomic E-state index is 15.1. The van der Waals surface area contributed by atoms with E-state index in [1.807, 2.05) is 85.7 Å². The Morgan fingerprint density at radius 3 is 1.18 bits per heavy atom. The Bertz CT molecular complexity index is 3180. The van der Waals surface area contributed by atoms with E-state index in [0.717, 1.165) is 31.2 Å². The average Bonchev–Trinajstić information content (AvgIpc) is 0.757. The van der Waals surface area contributed by atoms with Crippen LogP contribution in [0.1, 0.15) is 218 Å². The summed E-state index contributed by atoms with van der Waals surface area (Å²) >= 11 is 0. The molecule has 4 heterocycles. The van der Waals surface area contributed by atoms with E-state index in [1.54, 1.807) is 60.7 Å². The van der Waals surface area contributed by atoms with Crippen LogP contribution in [0.15, 0.2) is 91.0 Å². The van der Waals surface area contributed by atoms with E-state index in [2.05, 4.69) is 5.32 Å². The number of carboxylic acid groups (broad SMARTS) is 1. The Hall–Kier alpha value is -6.36. The summed E-state index contributed by atoms with van der Waals surface area (Å²) in [5, 5.41) is 14.7. The molecule has 0 saturated carbocycles. The van der Waals surface area contributed by atoms with Gasteiger partial charge < -0.3 is 110 Å². The highest BCUT2D eigenvalue weighted by molar-refractivity contribution is 5.90. The summed E-state index contributed by atoms with van der Waals surface area (Å²) in [6, 6.07) is 26.0. The standard InChI is InChI=1S/C87H133NO28/c1-11-19-46-96-56-64-69(71(100-50-23-15-5)78(111-81(93)62-41-33-28-34-42-62)83(108-64)104-54-38-30-37-45-88-87(95)106-55-61-39-31-27-32-40-61)114-86-79(112-82(94)63-43-35-29-36-44-63)72(101-51-24-16-6)74(75(116-86)80(91)92)115-84-76(102-52-25-17-7)70(99-49-22-14-4)68(65(109-84)57-97-47-20-12-2)113-85-77(103-53-26-18-8)73(107-60(10)90)67(98-48-21-13-3)66(110-85)58-105-59(9)89/h27-29,31-36,39-44,64-79,83-86H,11-26,30,37-38,45-58H2,1-10H3,(H,88,95)(H,91,92)/t64?,65?,66?,67-,68+,69-,70+,71?,72?,73+,74+,75?,76?,77?,78+,79+,83-,84-,85-,86-/m1/s1. The third-order valence-electron chi connectivity index (χ3n) is 19.9. The lowest BCUT2D eigenvalue weighted by atomic mass is 9.94. The topological polar surface area (TPSA) is 329 Å². The maximum absolute atomic E-state index is 15.1. The van der Waals surface area contributed by atoms with Crippen LogP contribution in [0.2, 0.25) is 0 Å². The first kappa shape index (κ1) is 96.8. The number of carbonyl (C=O) groups excluding carboxylic acids is 5. The van der Waals surface area contributed by atoms with Crippen molar-refractivity contribution in [1.29, 1.82) is 0 Å². The summed E-state index contributed by atoms with van der Waals surface area (Å²) in [4.78, 5) is 83.0. The minimum absolute atomic E-state index is 0.0221. The van der Waals surface area contributed by atoms with Gasteiger partial charge in [0, 0.05) is 79.9 Å². The molecule has 8 unspecified atom stereocenters. The summed E-state index contributed by atoms with van der Waals surface area (Å²) in [7, 11) is 0. The molecule has 2 N–H and O–H groups in total. The molecule has 29 nitrogen and oxygen atoms in total. The first-order valence-corrected chi connectivity index (χ1v) is 42.6. The van der Waals surface area contributed by atoms with Gasteiger partial charge in [0.15, 0.2) is 49.6 Å². The Morgan fingerprint density at radius 2 is 0.724 bits per heavy atom. The van der Waals surface area contributed by atoms with Crippen LogP contribution in [0, 0.1) is 0 Å². The number of alkyl carbamates (subject to hydrolysis) is 1. The van der Waals surface area contributed by atoms with Crippen LogP contribution in [-0.2, 0) is 120 Å². The van der Waals surface area contributed by atoms with Crippen LogP contribution in [0.5, 0.6) is 0 Å². The molecular weight excluding hydrogens is 1510 g/mol. The van der Waals surface area contributed by atoms with Gasteiger partial charge in [-0.05, 0) is 100 Å². The number of rotatable bonds is 57. The number of hydrogen-bond donors (Lipinski definition) is 2. The van der Waals surface area contributed by atoms with Crippen LogP contribution >= 0.6 is 0 Å². The fraction of sp³-hybridized carbons (Fsp3) is 0.724. The molecule has 0 aromatic heterocycles. The maximum Gasteiger partial charge on any atom is 0.407 e. The normalized spacial score (nSPS) is 27.3. The molecule has 29 heteroatoms. The zero-order valence-electron chi connectivity index (χ0n) is 70.0. The highest BCUT2D eigenvalue weighted by atomic mass is 16.8. The predicted molar refractivity (Wildman–Crippen MR) is 424 cm³/mol. The van der Waals surface area contributed by atoms with E-state index >= 15 is 4.79 Å². The number of carbonyl (C=O) groups is 6. The number of ether oxygens (including phenoxy) is 21. The van der Waals surface area contributed by atoms with Gasteiger partial charge in [0.2, 0.25) is 0 Å². The molecule has 3 aromatic carbocycles. The van der Waals surface area contributed by atoms with Gasteiger partial charge in [0.1, 0.15) is 86.5 Å². The summed E-state index contributed by atoms with van der Waals surface area (Å²) < 4.78 is 141. The largest absolute Gasteiger partial charge is 0.479 e. The van der Waals surface area contributed by atoms with Crippen LogP contribution in [0.25, 0.3) is 0 Å². The molecule has 3 aromatic rings. The fourth-order valence-corrected chi connectivity index (χ4v) is 13.5. The van der Waals surface area contributed by atoms with Gasteiger partial charge in [0.05, 0.1) is 24.3 Å². The van der Waals surface area contributed by atoms with E-state index in [-0.39, 0.29) is 90.4 Å². The molecule has 4 saturated heterocycles. The van der Waals surface area contributed by atoms with Crippen LogP contribution in [-0.4, -0.2) is 250 Å². The molecule has 0 spiro atoms. The number of carboxylic acids is 1. The molecule has 116 heavy (non-hydrogen) atoms. The lowest BCUT2D eigenvalue weighted by Gasteiger charge is -2.52. The Kier molecular flexibility index (Phi) is 46.3. The number of benzene rings is 3. The summed E-state index contributed by atoms with van der Waals surface area (Å²) in [5.74, 6) is -4.38. The molecule has 654 valence electrons. The second kappa shape index (κ2) is 55.5. The smallest absolute Gasteiger partial charge is 0.407 e. The quantitative estimate of drug-likeness (QED) is 0.0301. The third-order valence-corrected chi connectivity index (χ3v) is 19.9. The summed E-state index contributed by atoms with van der Waals surface area (Å²) in [6.45, 7) is 19.9. The number of amides is 1. The number of hydrogen-bond acceptors (Lipinski definition) is 27. The molecular formula is C87H133NO28. The number of aliphatic carboxylic acids is 1. The Labute approximate surface area is 685 Å². The van der Waals surface area contributed by atoms with Crippen molar-refractivity contribution in [2.75, 3.05) is 85.8 Å². The summed E-state index contributed by atoms with van der Waals surface area (Å²) in [5.41, 5.74) is 1.18. The predicted octanol–water partition coefficient (Wildman–Crippen LogP) is 12.9. The highest BCUT2D eigenvalue weighted by Gasteiger charge is 2.61. The number of unbranched alkanes of at least 4 members (excludes halogenated alkanes) is 10. The van der Waals surface area contributed by atoms with Crippen LogP contribution in [0.4, 0.5) is 4.79 Å². The first-order valence-electron chi connectivity index (χ1n) is 42.6. The van der Waals surface area contributed by atoms with Crippen molar-refractivity contribution in [3.63, 3.8) is 0 Å².